The highest BCUT2D eigenvalue weighted by molar-refractivity contribution is 6.32. The molecule has 0 atom stereocenters. The van der Waals surface area contributed by atoms with Gasteiger partial charge in [0.25, 0.3) is 0 Å². The van der Waals surface area contributed by atoms with Crippen molar-refractivity contribution < 1.29 is 9.84 Å². The fourth-order valence-electron chi connectivity index (χ4n) is 1.28. The van der Waals surface area contributed by atoms with Crippen LogP contribution in [0.25, 0.3) is 0 Å². The Hall–Kier alpha value is -0.620. The first-order valence-corrected chi connectivity index (χ1v) is 5.06. The van der Waals surface area contributed by atoms with Crippen LogP contribution in [0.15, 0.2) is 6.07 Å². The summed E-state index contributed by atoms with van der Waals surface area (Å²) in [5.41, 5.74) is -0.471. The summed E-state index contributed by atoms with van der Waals surface area (Å²) in [6.45, 7) is 0.831. The topological polar surface area (TPSA) is 67.3 Å². The average Bonchev–Trinajstić information content (AvgIpc) is 2.10. The van der Waals surface area contributed by atoms with Gasteiger partial charge in [-0.05, 0) is 11.6 Å². The van der Waals surface area contributed by atoms with Gasteiger partial charge in [0.15, 0.2) is 0 Å². The molecule has 0 saturated carbocycles. The van der Waals surface area contributed by atoms with Gasteiger partial charge < -0.3 is 15.2 Å². The van der Waals surface area contributed by atoms with Gasteiger partial charge in [-0.1, -0.05) is 11.6 Å². The quantitative estimate of drug-likeness (QED) is 0.617. The molecule has 2 rings (SSSR count). The summed E-state index contributed by atoms with van der Waals surface area (Å²) in [5, 5.41) is 12.5. The lowest BCUT2D eigenvalue weighted by atomic mass is 9.99. The molecule has 1 saturated heterocycles. The highest BCUT2D eigenvalue weighted by Gasteiger charge is 2.38. The monoisotopic (exact) mass is 249 g/mol. The van der Waals surface area contributed by atoms with Crippen LogP contribution in [-0.2, 0) is 4.74 Å². The Morgan fingerprint density at radius 3 is 2.67 bits per heavy atom. The van der Waals surface area contributed by atoms with Crippen molar-refractivity contribution in [1.29, 1.82) is 0 Å². The van der Waals surface area contributed by atoms with Crippen molar-refractivity contribution >= 4 is 29.0 Å². The maximum atomic E-state index is 9.18. The van der Waals surface area contributed by atoms with Crippen LogP contribution in [0, 0.1) is 0 Å². The minimum absolute atomic E-state index is 0.0355. The van der Waals surface area contributed by atoms with Crippen molar-refractivity contribution in [3.05, 3.63) is 16.5 Å². The third kappa shape index (κ3) is 2.31. The molecule has 82 valence electrons. The molecule has 0 radical (unpaired) electrons. The van der Waals surface area contributed by atoms with Crippen LogP contribution in [0.3, 0.4) is 0 Å². The van der Waals surface area contributed by atoms with E-state index in [0.717, 1.165) is 0 Å². The van der Waals surface area contributed by atoms with Crippen molar-refractivity contribution in [2.75, 3.05) is 25.1 Å². The molecule has 2 N–H and O–H groups in total. The van der Waals surface area contributed by atoms with Crippen LogP contribution in [0.4, 0.5) is 5.82 Å². The number of ether oxygens (including phenoxy) is 1. The Labute approximate surface area is 96.4 Å². The largest absolute Gasteiger partial charge is 0.394 e. The second-order valence-corrected chi connectivity index (χ2v) is 4.13. The van der Waals surface area contributed by atoms with Gasteiger partial charge in [0, 0.05) is 6.07 Å². The molecular weight excluding hydrogens is 241 g/mol. The molecule has 1 aliphatic rings. The number of aliphatic hydroxyl groups is 1. The molecule has 1 aromatic heterocycles. The van der Waals surface area contributed by atoms with E-state index >= 15 is 0 Å². The van der Waals surface area contributed by atoms with E-state index in [1.54, 1.807) is 6.07 Å². The summed E-state index contributed by atoms with van der Waals surface area (Å²) in [6.07, 6.45) is 0. The zero-order chi connectivity index (χ0) is 10.9. The van der Waals surface area contributed by atoms with Gasteiger partial charge in [0.1, 0.15) is 16.5 Å². The summed E-state index contributed by atoms with van der Waals surface area (Å²) in [5.74, 6) is 0.484. The van der Waals surface area contributed by atoms with Gasteiger partial charge in [-0.25, -0.2) is 9.97 Å². The average molecular weight is 250 g/mol. The first kappa shape index (κ1) is 10.9. The molecule has 0 aliphatic carbocycles. The lowest BCUT2D eigenvalue weighted by Gasteiger charge is -2.40. The Balaban J connectivity index is 2.16. The van der Waals surface area contributed by atoms with Gasteiger partial charge in [0.2, 0.25) is 5.28 Å². The van der Waals surface area contributed by atoms with Gasteiger partial charge in [-0.3, -0.25) is 0 Å². The number of halogens is 2. The molecule has 5 nitrogen and oxygen atoms in total. The minimum atomic E-state index is -0.471. The predicted octanol–water partition coefficient (Wildman–Crippen LogP) is 0.957. The van der Waals surface area contributed by atoms with Crippen LogP contribution in [0.5, 0.6) is 0 Å². The number of hydrogen-bond donors (Lipinski definition) is 2. The number of nitrogens with zero attached hydrogens (tertiary/aromatic N) is 2. The Morgan fingerprint density at radius 1 is 1.47 bits per heavy atom. The second kappa shape index (κ2) is 4.09. The van der Waals surface area contributed by atoms with E-state index in [1.165, 1.54) is 0 Å². The third-order valence-corrected chi connectivity index (χ3v) is 2.48. The van der Waals surface area contributed by atoms with Crippen molar-refractivity contribution in [1.82, 2.24) is 9.97 Å². The lowest BCUT2D eigenvalue weighted by Crippen LogP contribution is -2.58. The normalized spacial score (nSPS) is 18.3. The SMILES string of the molecule is OCC1(Nc2cc(Cl)nc(Cl)n2)COC1. The Kier molecular flexibility index (Phi) is 2.97. The summed E-state index contributed by atoms with van der Waals surface area (Å²) >= 11 is 11.4. The maximum Gasteiger partial charge on any atom is 0.225 e. The number of nitrogens with one attached hydrogen (secondary N) is 1. The highest BCUT2D eigenvalue weighted by atomic mass is 35.5. The van der Waals surface area contributed by atoms with Crippen LogP contribution in [-0.4, -0.2) is 40.4 Å². The van der Waals surface area contributed by atoms with Gasteiger partial charge in [0.05, 0.1) is 19.8 Å². The predicted molar refractivity (Wildman–Crippen MR) is 56.3 cm³/mol. The zero-order valence-corrected chi connectivity index (χ0v) is 9.22. The van der Waals surface area contributed by atoms with Gasteiger partial charge in [-0.15, -0.1) is 0 Å². The number of hydrogen-bond acceptors (Lipinski definition) is 5. The molecule has 7 heteroatoms. The summed E-state index contributed by atoms with van der Waals surface area (Å²) in [4.78, 5) is 7.66. The van der Waals surface area contributed by atoms with Crippen molar-refractivity contribution in [2.45, 2.75) is 5.54 Å². The first-order chi connectivity index (χ1) is 7.13. The molecule has 0 aromatic carbocycles. The lowest BCUT2D eigenvalue weighted by molar-refractivity contribution is -0.0651. The first-order valence-electron chi connectivity index (χ1n) is 4.30. The number of aliphatic hydroxyl groups excluding tert-OH is 1. The van der Waals surface area contributed by atoms with Gasteiger partial charge in [-0.2, -0.15) is 0 Å². The third-order valence-electron chi connectivity index (χ3n) is 2.12. The van der Waals surface area contributed by atoms with E-state index in [9.17, 15) is 5.11 Å². The molecule has 0 spiro atoms. The molecule has 1 fully saturated rings. The molecule has 15 heavy (non-hydrogen) atoms. The molecule has 0 amide bonds. The van der Waals surface area contributed by atoms with Crippen molar-refractivity contribution in [3.63, 3.8) is 0 Å². The fraction of sp³-hybridized carbons (Fsp3) is 0.500. The van der Waals surface area contributed by atoms with Crippen LogP contribution >= 0.6 is 23.2 Å². The highest BCUT2D eigenvalue weighted by Crippen LogP contribution is 2.23. The molecule has 0 unspecified atom stereocenters. The second-order valence-electron chi connectivity index (χ2n) is 3.40. The zero-order valence-electron chi connectivity index (χ0n) is 7.70. The Bertz CT molecular complexity index is 345. The standard InChI is InChI=1S/C8H9Cl2N3O2/c9-5-1-6(12-7(10)11-5)13-8(2-14)3-15-4-8/h1,14H,2-4H2,(H,11,12,13). The molecule has 1 aromatic rings. The molecule has 1 aliphatic heterocycles. The van der Waals surface area contributed by atoms with Gasteiger partial charge >= 0.3 is 0 Å². The van der Waals surface area contributed by atoms with Crippen molar-refractivity contribution in [3.8, 4) is 0 Å². The van der Waals surface area contributed by atoms with Crippen molar-refractivity contribution in [2.24, 2.45) is 0 Å². The van der Waals surface area contributed by atoms with E-state index < -0.39 is 5.54 Å². The number of anilines is 1. The van der Waals surface area contributed by atoms with E-state index in [1.807, 2.05) is 0 Å². The van der Waals surface area contributed by atoms with E-state index in [4.69, 9.17) is 27.9 Å². The number of aromatic nitrogens is 2. The van der Waals surface area contributed by atoms with E-state index in [-0.39, 0.29) is 17.0 Å². The summed E-state index contributed by atoms with van der Waals surface area (Å²) in [7, 11) is 0. The van der Waals surface area contributed by atoms with Crippen LogP contribution in [0.2, 0.25) is 10.4 Å². The molecular formula is C8H9Cl2N3O2. The van der Waals surface area contributed by atoms with E-state index in [0.29, 0.717) is 19.0 Å². The maximum absolute atomic E-state index is 9.18. The molecule has 0 bridgehead atoms. The fourth-order valence-corrected chi connectivity index (χ4v) is 1.69. The number of rotatable bonds is 3. The smallest absolute Gasteiger partial charge is 0.225 e. The van der Waals surface area contributed by atoms with Crippen LogP contribution < -0.4 is 5.32 Å². The minimum Gasteiger partial charge on any atom is -0.394 e. The van der Waals surface area contributed by atoms with E-state index in [2.05, 4.69) is 15.3 Å². The summed E-state index contributed by atoms with van der Waals surface area (Å²) in [6, 6.07) is 1.54. The van der Waals surface area contributed by atoms with Crippen LogP contribution in [0.1, 0.15) is 0 Å². The summed E-state index contributed by atoms with van der Waals surface area (Å²) < 4.78 is 5.03. The Morgan fingerprint density at radius 2 is 2.20 bits per heavy atom. The molecule has 2 heterocycles.